The molecule has 0 heterocycles. The number of fused-ring (bicyclic) bond motifs is 5. The van der Waals surface area contributed by atoms with E-state index in [1.54, 1.807) is 0 Å². The second-order valence-electron chi connectivity index (χ2n) is 11.6. The molecule has 4 rings (SSSR count). The van der Waals surface area contributed by atoms with Gasteiger partial charge in [0.1, 0.15) is 0 Å². The van der Waals surface area contributed by atoms with Crippen LogP contribution in [-0.2, 0) is 4.79 Å². The van der Waals surface area contributed by atoms with Gasteiger partial charge in [-0.15, -0.1) is 0 Å². The van der Waals surface area contributed by atoms with E-state index < -0.39 is 11.8 Å². The zero-order chi connectivity index (χ0) is 21.2. The smallest absolute Gasteiger partial charge is 0.303 e. The molecule has 0 radical (unpaired) electrons. The molecular weight excluding hydrogens is 368 g/mol. The third-order valence-corrected chi connectivity index (χ3v) is 10.3. The number of aliphatic carboxylic acids is 1. The average Bonchev–Trinajstić information content (AvgIpc) is 2.98. The third kappa shape index (κ3) is 3.36. The van der Waals surface area contributed by atoms with Crippen molar-refractivity contribution in [3.8, 4) is 0 Å². The normalized spacial score (nSPS) is 49.6. The first kappa shape index (κ1) is 21.6. The van der Waals surface area contributed by atoms with Crippen molar-refractivity contribution in [3.63, 3.8) is 0 Å². The average molecular weight is 409 g/mol. The second kappa shape index (κ2) is 7.20. The van der Waals surface area contributed by atoms with Gasteiger partial charge in [-0.1, -0.05) is 20.8 Å². The molecule has 0 aliphatic heterocycles. The number of hydrogen-bond donors (Lipinski definition) is 4. The predicted octanol–water partition coefficient (Wildman–Crippen LogP) is 3.80. The number of rotatable bonds is 4. The second-order valence-corrected chi connectivity index (χ2v) is 11.6. The van der Waals surface area contributed by atoms with E-state index in [0.717, 1.165) is 38.5 Å². The highest BCUT2D eigenvalue weighted by Crippen LogP contribution is 2.69. The van der Waals surface area contributed by atoms with Crippen molar-refractivity contribution in [2.75, 3.05) is 0 Å². The van der Waals surface area contributed by atoms with E-state index >= 15 is 0 Å². The minimum atomic E-state index is -1.66. The van der Waals surface area contributed by atoms with E-state index in [4.69, 9.17) is 5.11 Å². The van der Waals surface area contributed by atoms with Gasteiger partial charge in [-0.2, -0.15) is 0 Å². The molecule has 5 nitrogen and oxygen atoms in total. The first-order valence-electron chi connectivity index (χ1n) is 11.8. The molecule has 0 bridgehead atoms. The summed E-state index contributed by atoms with van der Waals surface area (Å²) < 4.78 is 0. The molecule has 4 unspecified atom stereocenters. The fourth-order valence-electron chi connectivity index (χ4n) is 8.75. The van der Waals surface area contributed by atoms with Crippen LogP contribution in [-0.4, -0.2) is 38.3 Å². The zero-order valence-electron chi connectivity index (χ0n) is 18.3. The number of aliphatic hydroxyl groups is 3. The molecule has 4 aliphatic rings. The maximum atomic E-state index is 11.3. The SMILES string of the molecule is CC(CCC(=O)O)[C@H]1CC[C@H]2[C@H]3C(CCC12C)C1(C)CC[C@@H](O)C[C@H]1CC3(O)O. The molecule has 4 aliphatic carbocycles. The summed E-state index contributed by atoms with van der Waals surface area (Å²) in [5, 5.41) is 41.8. The number of carboxylic acid groups (broad SMARTS) is 1. The van der Waals surface area contributed by atoms with Crippen LogP contribution in [0.15, 0.2) is 0 Å². The lowest BCUT2D eigenvalue weighted by molar-refractivity contribution is -0.305. The molecular formula is C24H40O5. The van der Waals surface area contributed by atoms with Crippen LogP contribution in [0.2, 0.25) is 0 Å². The van der Waals surface area contributed by atoms with Crippen molar-refractivity contribution in [1.82, 2.24) is 0 Å². The van der Waals surface area contributed by atoms with Crippen molar-refractivity contribution < 1.29 is 25.2 Å². The van der Waals surface area contributed by atoms with Crippen LogP contribution in [0.1, 0.15) is 85.0 Å². The Bertz CT molecular complexity index is 647. The summed E-state index contributed by atoms with van der Waals surface area (Å²) in [7, 11) is 0. The lowest BCUT2D eigenvalue weighted by Gasteiger charge is -2.64. The van der Waals surface area contributed by atoms with Gasteiger partial charge in [0.15, 0.2) is 5.79 Å². The summed E-state index contributed by atoms with van der Waals surface area (Å²) in [6.07, 6.45) is 7.72. The van der Waals surface area contributed by atoms with Gasteiger partial charge in [0.05, 0.1) is 6.10 Å². The van der Waals surface area contributed by atoms with E-state index in [-0.39, 0.29) is 41.1 Å². The van der Waals surface area contributed by atoms with Crippen molar-refractivity contribution >= 4 is 5.97 Å². The van der Waals surface area contributed by atoms with E-state index in [2.05, 4.69) is 20.8 Å². The van der Waals surface area contributed by atoms with Gasteiger partial charge >= 0.3 is 5.97 Å². The topological polar surface area (TPSA) is 98.0 Å². The van der Waals surface area contributed by atoms with Crippen LogP contribution in [0.25, 0.3) is 0 Å². The van der Waals surface area contributed by atoms with E-state index in [1.807, 2.05) is 0 Å². The first-order valence-corrected chi connectivity index (χ1v) is 11.8. The molecule has 0 aromatic rings. The van der Waals surface area contributed by atoms with Crippen LogP contribution in [0.4, 0.5) is 0 Å². The van der Waals surface area contributed by atoms with Gasteiger partial charge in [0.25, 0.3) is 0 Å². The quantitative estimate of drug-likeness (QED) is 0.531. The van der Waals surface area contributed by atoms with Crippen LogP contribution in [0.3, 0.4) is 0 Å². The minimum absolute atomic E-state index is 0.0627. The molecule has 4 fully saturated rings. The van der Waals surface area contributed by atoms with E-state index in [0.29, 0.717) is 37.0 Å². The minimum Gasteiger partial charge on any atom is -0.481 e. The van der Waals surface area contributed by atoms with Crippen LogP contribution < -0.4 is 0 Å². The molecule has 166 valence electrons. The molecule has 0 aromatic carbocycles. The van der Waals surface area contributed by atoms with Gasteiger partial charge in [-0.05, 0) is 91.8 Å². The highest BCUT2D eigenvalue weighted by atomic mass is 16.5. The van der Waals surface area contributed by atoms with Crippen molar-refractivity contribution in [2.24, 2.45) is 46.3 Å². The molecule has 4 saturated carbocycles. The molecule has 4 N–H and O–H groups in total. The Morgan fingerprint density at radius 2 is 1.69 bits per heavy atom. The number of carboxylic acids is 1. The third-order valence-electron chi connectivity index (χ3n) is 10.3. The highest BCUT2D eigenvalue weighted by molar-refractivity contribution is 5.66. The molecule has 0 aromatic heterocycles. The predicted molar refractivity (Wildman–Crippen MR) is 110 cm³/mol. The molecule has 0 spiro atoms. The van der Waals surface area contributed by atoms with E-state index in [9.17, 15) is 20.1 Å². The van der Waals surface area contributed by atoms with Gasteiger partial charge in [0, 0.05) is 18.8 Å². The Balaban J connectivity index is 1.60. The van der Waals surface area contributed by atoms with E-state index in [1.165, 1.54) is 0 Å². The highest BCUT2D eigenvalue weighted by Gasteiger charge is 2.66. The number of carbonyl (C=O) groups is 1. The standard InChI is InChI=1S/C24H40O5/c1-14(4-7-20(26)27)17-5-6-18-21-19(9-11-23(17,18)3)22(2)10-8-16(25)12-15(22)13-24(21,28)29/h14-19,21,25,28-29H,4-13H2,1-3H3,(H,26,27)/t14?,15-,16+,17+,18-,19?,21-,22?,23?/m0/s1. The Morgan fingerprint density at radius 1 is 1.03 bits per heavy atom. The Kier molecular flexibility index (Phi) is 5.36. The summed E-state index contributed by atoms with van der Waals surface area (Å²) in [6.45, 7) is 6.89. The van der Waals surface area contributed by atoms with Gasteiger partial charge < -0.3 is 20.4 Å². The Hall–Kier alpha value is -0.650. The summed E-state index contributed by atoms with van der Waals surface area (Å²) in [6, 6.07) is 0. The summed E-state index contributed by atoms with van der Waals surface area (Å²) in [4.78, 5) is 11.1. The van der Waals surface area contributed by atoms with Crippen LogP contribution in [0.5, 0.6) is 0 Å². The first-order chi connectivity index (χ1) is 13.5. The largest absolute Gasteiger partial charge is 0.481 e. The molecule has 5 heteroatoms. The molecule has 9 atom stereocenters. The monoisotopic (exact) mass is 408 g/mol. The van der Waals surface area contributed by atoms with Gasteiger partial charge in [-0.3, -0.25) is 4.79 Å². The number of aliphatic hydroxyl groups excluding tert-OH is 1. The van der Waals surface area contributed by atoms with Crippen LogP contribution in [0, 0.1) is 46.3 Å². The van der Waals surface area contributed by atoms with Crippen molar-refractivity contribution in [2.45, 2.75) is 96.9 Å². The number of hydrogen-bond acceptors (Lipinski definition) is 4. The summed E-state index contributed by atoms with van der Waals surface area (Å²) in [5.74, 6) is -0.905. The van der Waals surface area contributed by atoms with Crippen molar-refractivity contribution in [1.29, 1.82) is 0 Å². The molecule has 0 amide bonds. The van der Waals surface area contributed by atoms with Gasteiger partial charge in [0.2, 0.25) is 0 Å². The molecule has 0 saturated heterocycles. The maximum Gasteiger partial charge on any atom is 0.303 e. The summed E-state index contributed by atoms with van der Waals surface area (Å²) in [5.41, 5.74) is 0.153. The molecule has 29 heavy (non-hydrogen) atoms. The Labute approximate surface area is 174 Å². The zero-order valence-corrected chi connectivity index (χ0v) is 18.3. The van der Waals surface area contributed by atoms with Crippen LogP contribution >= 0.6 is 0 Å². The Morgan fingerprint density at radius 3 is 2.38 bits per heavy atom. The van der Waals surface area contributed by atoms with Gasteiger partial charge in [-0.25, -0.2) is 0 Å². The lowest BCUT2D eigenvalue weighted by Crippen LogP contribution is -2.63. The van der Waals surface area contributed by atoms with Crippen molar-refractivity contribution in [3.05, 3.63) is 0 Å². The maximum absolute atomic E-state index is 11.3. The fraction of sp³-hybridized carbons (Fsp3) is 0.958. The fourth-order valence-corrected chi connectivity index (χ4v) is 8.75. The lowest BCUT2D eigenvalue weighted by atomic mass is 9.43. The summed E-state index contributed by atoms with van der Waals surface area (Å²) >= 11 is 0.